The number of H-pyrrole nitrogens is 1. The minimum atomic E-state index is -0.137. The molecule has 0 aliphatic carbocycles. The molecule has 1 aromatic rings. The molecule has 0 amide bonds. The molecule has 1 heterocycles. The molecule has 5 heteroatoms. The van der Waals surface area contributed by atoms with E-state index in [0.717, 1.165) is 18.7 Å². The van der Waals surface area contributed by atoms with Crippen LogP contribution >= 0.6 is 0 Å². The highest BCUT2D eigenvalue weighted by Crippen LogP contribution is 2.04. The second kappa shape index (κ2) is 4.23. The lowest BCUT2D eigenvalue weighted by molar-refractivity contribution is 0.546. The topological polar surface area (TPSA) is 76.7 Å². The van der Waals surface area contributed by atoms with Crippen LogP contribution in [-0.2, 0) is 6.42 Å². The van der Waals surface area contributed by atoms with E-state index < -0.39 is 0 Å². The van der Waals surface area contributed by atoms with Gasteiger partial charge < -0.3 is 5.73 Å². The Kier molecular flexibility index (Phi) is 3.25. The zero-order valence-electron chi connectivity index (χ0n) is 8.08. The summed E-state index contributed by atoms with van der Waals surface area (Å²) in [5.41, 5.74) is 5.25. The van der Waals surface area contributed by atoms with Crippen LogP contribution in [0, 0.1) is 0 Å². The van der Waals surface area contributed by atoms with Gasteiger partial charge in [0.15, 0.2) is 0 Å². The van der Waals surface area contributed by atoms with Crippen molar-refractivity contribution in [3.8, 4) is 0 Å². The van der Waals surface area contributed by atoms with Crippen molar-refractivity contribution in [3.63, 3.8) is 0 Å². The summed E-state index contributed by atoms with van der Waals surface area (Å²) in [4.78, 5) is 11.3. The number of rotatable bonds is 4. The van der Waals surface area contributed by atoms with Gasteiger partial charge >= 0.3 is 5.69 Å². The minimum Gasteiger partial charge on any atom is -0.330 e. The number of nitrogens with zero attached hydrogens (tertiary/aromatic N) is 2. The van der Waals surface area contributed by atoms with Gasteiger partial charge in [0.1, 0.15) is 5.82 Å². The van der Waals surface area contributed by atoms with E-state index in [1.807, 2.05) is 13.8 Å². The van der Waals surface area contributed by atoms with Crippen LogP contribution < -0.4 is 11.4 Å². The van der Waals surface area contributed by atoms with E-state index in [0.29, 0.717) is 6.54 Å². The lowest BCUT2D eigenvalue weighted by Crippen LogP contribution is -2.21. The molecule has 0 atom stereocenters. The van der Waals surface area contributed by atoms with Crippen molar-refractivity contribution < 1.29 is 0 Å². The van der Waals surface area contributed by atoms with Crippen LogP contribution in [0.15, 0.2) is 4.79 Å². The summed E-state index contributed by atoms with van der Waals surface area (Å²) in [6, 6.07) is 0.152. The Morgan fingerprint density at radius 2 is 2.31 bits per heavy atom. The largest absolute Gasteiger partial charge is 0.343 e. The van der Waals surface area contributed by atoms with Gasteiger partial charge in [-0.2, -0.15) is 5.10 Å². The Bertz CT molecular complexity index is 312. The molecule has 1 rings (SSSR count). The highest BCUT2D eigenvalue weighted by molar-refractivity contribution is 4.88. The van der Waals surface area contributed by atoms with Gasteiger partial charge in [0.05, 0.1) is 0 Å². The van der Waals surface area contributed by atoms with Crippen LogP contribution in [-0.4, -0.2) is 21.3 Å². The second-order valence-electron chi connectivity index (χ2n) is 3.30. The van der Waals surface area contributed by atoms with Crippen LogP contribution in [0.4, 0.5) is 0 Å². The summed E-state index contributed by atoms with van der Waals surface area (Å²) in [6.45, 7) is 4.55. The molecule has 74 valence electrons. The minimum absolute atomic E-state index is 0.137. The first kappa shape index (κ1) is 9.98. The number of hydrogen-bond donors (Lipinski definition) is 2. The summed E-state index contributed by atoms with van der Waals surface area (Å²) in [5.74, 6) is 0.797. The standard InChI is InChI=1S/C8H16N4O/c1-6(2)12-7(4-3-5-9)10-11-8(12)13/h6H,3-5,9H2,1-2H3,(H,11,13). The molecule has 1 aromatic heterocycles. The van der Waals surface area contributed by atoms with Crippen LogP contribution in [0.25, 0.3) is 0 Å². The van der Waals surface area contributed by atoms with Gasteiger partial charge in [-0.15, -0.1) is 0 Å². The molecule has 0 spiro atoms. The average Bonchev–Trinajstić information content (AvgIpc) is 2.43. The van der Waals surface area contributed by atoms with Gasteiger partial charge in [-0.3, -0.25) is 4.57 Å². The lowest BCUT2D eigenvalue weighted by Gasteiger charge is -2.07. The fraction of sp³-hybridized carbons (Fsp3) is 0.750. The van der Waals surface area contributed by atoms with E-state index in [9.17, 15) is 4.79 Å². The van der Waals surface area contributed by atoms with Crippen molar-refractivity contribution in [2.45, 2.75) is 32.7 Å². The van der Waals surface area contributed by atoms with Gasteiger partial charge in [0, 0.05) is 12.5 Å². The van der Waals surface area contributed by atoms with Gasteiger partial charge in [0.2, 0.25) is 0 Å². The van der Waals surface area contributed by atoms with E-state index >= 15 is 0 Å². The predicted octanol–water partition coefficient (Wildman–Crippen LogP) is 0.0436. The first-order valence-electron chi connectivity index (χ1n) is 4.52. The van der Waals surface area contributed by atoms with E-state index in [2.05, 4.69) is 10.2 Å². The number of aromatic nitrogens is 3. The fourth-order valence-electron chi connectivity index (χ4n) is 1.31. The molecule has 0 aliphatic rings. The zero-order chi connectivity index (χ0) is 9.84. The third-order valence-electron chi connectivity index (χ3n) is 1.90. The molecular weight excluding hydrogens is 168 g/mol. The maximum absolute atomic E-state index is 11.3. The van der Waals surface area contributed by atoms with Crippen LogP contribution in [0.5, 0.6) is 0 Å². The highest BCUT2D eigenvalue weighted by atomic mass is 16.1. The van der Waals surface area contributed by atoms with E-state index in [1.165, 1.54) is 0 Å². The Labute approximate surface area is 76.9 Å². The monoisotopic (exact) mass is 184 g/mol. The lowest BCUT2D eigenvalue weighted by atomic mass is 10.3. The fourth-order valence-corrected chi connectivity index (χ4v) is 1.31. The van der Waals surface area contributed by atoms with Gasteiger partial charge in [-0.25, -0.2) is 9.89 Å². The summed E-state index contributed by atoms with van der Waals surface area (Å²) < 4.78 is 1.66. The summed E-state index contributed by atoms with van der Waals surface area (Å²) in [5, 5.41) is 6.39. The molecule has 13 heavy (non-hydrogen) atoms. The Hall–Kier alpha value is -1.10. The summed E-state index contributed by atoms with van der Waals surface area (Å²) >= 11 is 0. The second-order valence-corrected chi connectivity index (χ2v) is 3.30. The first-order valence-corrected chi connectivity index (χ1v) is 4.52. The van der Waals surface area contributed by atoms with Crippen molar-refractivity contribution >= 4 is 0 Å². The molecule has 0 unspecified atom stereocenters. The highest BCUT2D eigenvalue weighted by Gasteiger charge is 2.09. The number of aromatic amines is 1. The molecule has 0 saturated heterocycles. The van der Waals surface area contributed by atoms with Crippen LogP contribution in [0.2, 0.25) is 0 Å². The Balaban J connectivity index is 2.87. The molecule has 0 fully saturated rings. The molecule has 0 radical (unpaired) electrons. The first-order chi connectivity index (χ1) is 6.16. The smallest absolute Gasteiger partial charge is 0.330 e. The average molecular weight is 184 g/mol. The van der Waals surface area contributed by atoms with E-state index in [-0.39, 0.29) is 11.7 Å². The van der Waals surface area contributed by atoms with Crippen LogP contribution in [0.1, 0.15) is 32.1 Å². The molecule has 5 nitrogen and oxygen atoms in total. The molecular formula is C8H16N4O. The number of nitrogens with two attached hydrogens (primary N) is 1. The van der Waals surface area contributed by atoms with Crippen molar-refractivity contribution in [3.05, 3.63) is 16.3 Å². The van der Waals surface area contributed by atoms with Crippen molar-refractivity contribution in [2.24, 2.45) is 5.73 Å². The Morgan fingerprint density at radius 3 is 2.85 bits per heavy atom. The Morgan fingerprint density at radius 1 is 1.62 bits per heavy atom. The number of aryl methyl sites for hydroxylation is 1. The van der Waals surface area contributed by atoms with Crippen molar-refractivity contribution in [1.29, 1.82) is 0 Å². The molecule has 0 bridgehead atoms. The normalized spacial score (nSPS) is 11.1. The zero-order valence-corrected chi connectivity index (χ0v) is 8.08. The number of hydrogen-bond acceptors (Lipinski definition) is 3. The summed E-state index contributed by atoms with van der Waals surface area (Å²) in [6.07, 6.45) is 1.62. The van der Waals surface area contributed by atoms with Crippen molar-refractivity contribution in [2.75, 3.05) is 6.54 Å². The van der Waals surface area contributed by atoms with Gasteiger partial charge in [-0.1, -0.05) is 0 Å². The number of nitrogens with one attached hydrogen (secondary N) is 1. The van der Waals surface area contributed by atoms with E-state index in [4.69, 9.17) is 5.73 Å². The molecule has 3 N–H and O–H groups in total. The SMILES string of the molecule is CC(C)n1c(CCCN)n[nH]c1=O. The molecule has 0 aliphatic heterocycles. The maximum Gasteiger partial charge on any atom is 0.343 e. The third kappa shape index (κ3) is 2.18. The van der Waals surface area contributed by atoms with E-state index in [1.54, 1.807) is 4.57 Å². The van der Waals surface area contributed by atoms with Gasteiger partial charge in [-0.05, 0) is 26.8 Å². The quantitative estimate of drug-likeness (QED) is 0.693. The predicted molar refractivity (Wildman–Crippen MR) is 50.6 cm³/mol. The molecule has 0 saturated carbocycles. The third-order valence-corrected chi connectivity index (χ3v) is 1.90. The van der Waals surface area contributed by atoms with Crippen LogP contribution in [0.3, 0.4) is 0 Å². The van der Waals surface area contributed by atoms with Gasteiger partial charge in [0.25, 0.3) is 0 Å². The molecule has 0 aromatic carbocycles. The maximum atomic E-state index is 11.3. The summed E-state index contributed by atoms with van der Waals surface area (Å²) in [7, 11) is 0. The van der Waals surface area contributed by atoms with Crippen molar-refractivity contribution in [1.82, 2.24) is 14.8 Å².